The van der Waals surface area contributed by atoms with Crippen molar-refractivity contribution in [2.45, 2.75) is 39.3 Å². The molecule has 0 spiro atoms. The number of aromatic nitrogens is 1. The van der Waals surface area contributed by atoms with Gasteiger partial charge in [0.15, 0.2) is 0 Å². The number of nitrogens with one attached hydrogen (secondary N) is 1. The summed E-state index contributed by atoms with van der Waals surface area (Å²) in [5.41, 5.74) is -0.495. The molecule has 1 aromatic heterocycles. The highest BCUT2D eigenvalue weighted by atomic mass is 79.9. The van der Waals surface area contributed by atoms with E-state index >= 15 is 0 Å². The Bertz CT molecular complexity index is 403. The highest BCUT2D eigenvalue weighted by molar-refractivity contribution is 9.10. The van der Waals surface area contributed by atoms with E-state index in [0.717, 1.165) is 4.60 Å². The molecule has 0 aliphatic carbocycles. The van der Waals surface area contributed by atoms with Crippen LogP contribution >= 0.6 is 27.3 Å². The second kappa shape index (κ2) is 6.38. The lowest BCUT2D eigenvalue weighted by molar-refractivity contribution is 0.0494. The Morgan fingerprint density at radius 3 is 2.78 bits per heavy atom. The highest BCUT2D eigenvalue weighted by Gasteiger charge is 2.17. The molecule has 18 heavy (non-hydrogen) atoms. The Balaban J connectivity index is 2.29. The van der Waals surface area contributed by atoms with Crippen LogP contribution in [0.4, 0.5) is 4.79 Å². The number of halogens is 1. The Hall–Kier alpha value is -0.820. The zero-order chi connectivity index (χ0) is 13.8. The van der Waals surface area contributed by atoms with Crippen molar-refractivity contribution in [3.05, 3.63) is 9.98 Å². The quantitative estimate of drug-likeness (QED) is 0.917. The lowest BCUT2D eigenvalue weighted by Gasteiger charge is -2.21. The van der Waals surface area contributed by atoms with Crippen molar-refractivity contribution in [1.29, 1.82) is 0 Å². The van der Waals surface area contributed by atoms with Gasteiger partial charge in [-0.25, -0.2) is 4.79 Å². The van der Waals surface area contributed by atoms with Crippen molar-refractivity contribution in [1.82, 2.24) is 10.3 Å². The van der Waals surface area contributed by atoms with Gasteiger partial charge >= 0.3 is 6.09 Å². The predicted molar refractivity (Wildman–Crippen MR) is 74.1 cm³/mol. The molecule has 1 amide bonds. The van der Waals surface area contributed by atoms with E-state index < -0.39 is 11.7 Å². The summed E-state index contributed by atoms with van der Waals surface area (Å²) in [6.45, 7) is 7.65. The summed E-state index contributed by atoms with van der Waals surface area (Å²) in [4.78, 5) is 15.6. The lowest BCUT2D eigenvalue weighted by Crippen LogP contribution is -2.40. The second-order valence-corrected chi connectivity index (χ2v) is 6.43. The second-order valence-electron chi connectivity index (χ2n) is 4.79. The number of thiazole rings is 1. The molecule has 1 heterocycles. The van der Waals surface area contributed by atoms with Crippen LogP contribution in [-0.4, -0.2) is 29.3 Å². The predicted octanol–water partition coefficient (Wildman–Crippen LogP) is 3.20. The van der Waals surface area contributed by atoms with Gasteiger partial charge in [-0.15, -0.1) is 0 Å². The first-order valence-corrected chi connectivity index (χ1v) is 7.17. The van der Waals surface area contributed by atoms with Crippen LogP contribution in [0.2, 0.25) is 0 Å². The molecule has 1 aromatic rings. The summed E-state index contributed by atoms with van der Waals surface area (Å²) in [7, 11) is 0. The topological polar surface area (TPSA) is 60.5 Å². The largest absolute Gasteiger partial charge is 0.468 e. The van der Waals surface area contributed by atoms with Gasteiger partial charge in [0.05, 0.1) is 6.04 Å². The summed E-state index contributed by atoms with van der Waals surface area (Å²) in [5, 5.41) is 5.10. The molecule has 0 radical (unpaired) electrons. The standard InChI is InChI=1S/C11H17BrN2O3S/c1-7(13-9(15)17-11(2,3)4)5-16-10-14-8(12)6-18-10/h6-7H,5H2,1-4H3,(H,13,15)/t7-/m0/s1. The molecular weight excluding hydrogens is 320 g/mol. The minimum atomic E-state index is -0.495. The van der Waals surface area contributed by atoms with Crippen molar-refractivity contribution < 1.29 is 14.3 Å². The third-order valence-electron chi connectivity index (χ3n) is 1.68. The van der Waals surface area contributed by atoms with E-state index in [0.29, 0.717) is 11.8 Å². The summed E-state index contributed by atoms with van der Waals surface area (Å²) < 4.78 is 11.3. The monoisotopic (exact) mass is 336 g/mol. The maximum absolute atomic E-state index is 11.5. The minimum Gasteiger partial charge on any atom is -0.468 e. The third-order valence-corrected chi connectivity index (χ3v) is 3.14. The van der Waals surface area contributed by atoms with Gasteiger partial charge in [-0.1, -0.05) is 11.3 Å². The molecule has 7 heteroatoms. The first-order chi connectivity index (χ1) is 8.26. The molecule has 1 rings (SSSR count). The molecule has 0 bridgehead atoms. The highest BCUT2D eigenvalue weighted by Crippen LogP contribution is 2.21. The third kappa shape index (κ3) is 6.20. The van der Waals surface area contributed by atoms with Crippen molar-refractivity contribution in [3.63, 3.8) is 0 Å². The number of hydrogen-bond donors (Lipinski definition) is 1. The fraction of sp³-hybridized carbons (Fsp3) is 0.636. The van der Waals surface area contributed by atoms with Crippen LogP contribution in [0.25, 0.3) is 0 Å². The van der Waals surface area contributed by atoms with Crippen molar-refractivity contribution in [3.8, 4) is 5.19 Å². The van der Waals surface area contributed by atoms with E-state index in [2.05, 4.69) is 26.2 Å². The molecule has 1 atom stereocenters. The van der Waals surface area contributed by atoms with Crippen LogP contribution < -0.4 is 10.1 Å². The number of carbonyl (C=O) groups is 1. The van der Waals surface area contributed by atoms with Gasteiger partial charge in [-0.2, -0.15) is 4.98 Å². The summed E-state index contributed by atoms with van der Waals surface area (Å²) in [6, 6.07) is -0.150. The van der Waals surface area contributed by atoms with E-state index in [4.69, 9.17) is 9.47 Å². The van der Waals surface area contributed by atoms with Crippen LogP contribution in [0.3, 0.4) is 0 Å². The van der Waals surface area contributed by atoms with Gasteiger partial charge in [0.2, 0.25) is 0 Å². The molecule has 1 N–H and O–H groups in total. The first kappa shape index (κ1) is 15.2. The fourth-order valence-corrected chi connectivity index (χ4v) is 2.15. The summed E-state index contributed by atoms with van der Waals surface area (Å²) in [5.74, 6) is 0. The smallest absolute Gasteiger partial charge is 0.407 e. The van der Waals surface area contributed by atoms with Gasteiger partial charge in [0, 0.05) is 5.38 Å². The van der Waals surface area contributed by atoms with Crippen LogP contribution in [0.1, 0.15) is 27.7 Å². The number of hydrogen-bond acceptors (Lipinski definition) is 5. The minimum absolute atomic E-state index is 0.150. The normalized spacial score (nSPS) is 12.9. The Morgan fingerprint density at radius 2 is 2.28 bits per heavy atom. The zero-order valence-electron chi connectivity index (χ0n) is 10.8. The van der Waals surface area contributed by atoms with Crippen molar-refractivity contribution in [2.24, 2.45) is 0 Å². The number of rotatable bonds is 4. The maximum Gasteiger partial charge on any atom is 0.407 e. The molecule has 5 nitrogen and oxygen atoms in total. The number of ether oxygens (including phenoxy) is 2. The molecule has 102 valence electrons. The Labute approximate surface area is 119 Å². The molecule has 0 aliphatic rings. The number of amides is 1. The number of nitrogens with zero attached hydrogens (tertiary/aromatic N) is 1. The summed E-state index contributed by atoms with van der Waals surface area (Å²) >= 11 is 4.64. The molecule has 0 fully saturated rings. The number of alkyl carbamates (subject to hydrolysis) is 1. The molecular formula is C11H17BrN2O3S. The SMILES string of the molecule is C[C@@H](COc1nc(Br)cs1)NC(=O)OC(C)(C)C. The molecule has 0 saturated carbocycles. The van der Waals surface area contributed by atoms with E-state index in [1.807, 2.05) is 33.1 Å². The molecule has 0 aliphatic heterocycles. The van der Waals surface area contributed by atoms with E-state index in [1.54, 1.807) is 0 Å². The van der Waals surface area contributed by atoms with Crippen molar-refractivity contribution >= 4 is 33.4 Å². The van der Waals surface area contributed by atoms with Crippen LogP contribution in [-0.2, 0) is 4.74 Å². The first-order valence-electron chi connectivity index (χ1n) is 5.49. The van der Waals surface area contributed by atoms with Gasteiger partial charge < -0.3 is 14.8 Å². The average Bonchev–Trinajstić information content (AvgIpc) is 2.58. The molecule has 0 aromatic carbocycles. The average molecular weight is 337 g/mol. The Kier molecular flexibility index (Phi) is 5.40. The van der Waals surface area contributed by atoms with Crippen LogP contribution in [0.15, 0.2) is 9.98 Å². The van der Waals surface area contributed by atoms with Gasteiger partial charge in [0.1, 0.15) is 16.8 Å². The van der Waals surface area contributed by atoms with E-state index in [-0.39, 0.29) is 6.04 Å². The molecule has 0 saturated heterocycles. The van der Waals surface area contributed by atoms with E-state index in [9.17, 15) is 4.79 Å². The van der Waals surface area contributed by atoms with Gasteiger partial charge in [0.25, 0.3) is 5.19 Å². The zero-order valence-corrected chi connectivity index (χ0v) is 13.2. The van der Waals surface area contributed by atoms with Crippen LogP contribution in [0, 0.1) is 0 Å². The Morgan fingerprint density at radius 1 is 1.61 bits per heavy atom. The number of carbonyl (C=O) groups excluding carboxylic acids is 1. The van der Waals surface area contributed by atoms with Crippen molar-refractivity contribution in [2.75, 3.05) is 6.61 Å². The van der Waals surface area contributed by atoms with Gasteiger partial charge in [-0.05, 0) is 43.6 Å². The molecule has 0 unspecified atom stereocenters. The van der Waals surface area contributed by atoms with Crippen LogP contribution in [0.5, 0.6) is 5.19 Å². The van der Waals surface area contributed by atoms with E-state index in [1.165, 1.54) is 11.3 Å². The summed E-state index contributed by atoms with van der Waals surface area (Å²) in [6.07, 6.45) is -0.445. The lowest BCUT2D eigenvalue weighted by atomic mass is 10.2. The fourth-order valence-electron chi connectivity index (χ4n) is 1.05. The maximum atomic E-state index is 11.5. The van der Waals surface area contributed by atoms with Gasteiger partial charge in [-0.3, -0.25) is 0 Å².